The van der Waals surface area contributed by atoms with Gasteiger partial charge in [-0.25, -0.2) is 8.42 Å². The van der Waals surface area contributed by atoms with Gasteiger partial charge in [-0.2, -0.15) is 0 Å². The average Bonchev–Trinajstić information content (AvgIpc) is 2.01. The van der Waals surface area contributed by atoms with Crippen molar-refractivity contribution in [2.75, 3.05) is 12.0 Å². The van der Waals surface area contributed by atoms with E-state index in [-0.39, 0.29) is 5.75 Å². The van der Waals surface area contributed by atoms with Crippen LogP contribution in [-0.4, -0.2) is 31.1 Å². The molecule has 0 spiro atoms. The van der Waals surface area contributed by atoms with Crippen LogP contribution in [0.15, 0.2) is 0 Å². The highest BCUT2D eigenvalue weighted by atomic mass is 32.2. The zero-order valence-corrected chi connectivity index (χ0v) is 10.9. The fourth-order valence-electron chi connectivity index (χ4n) is 1.60. The van der Waals surface area contributed by atoms with Crippen molar-refractivity contribution in [1.29, 1.82) is 0 Å². The molecule has 0 amide bonds. The van der Waals surface area contributed by atoms with Gasteiger partial charge in [0.1, 0.15) is 9.84 Å². The molecule has 3 nitrogen and oxygen atoms in total. The van der Waals surface area contributed by atoms with E-state index < -0.39 is 15.4 Å². The second-order valence-electron chi connectivity index (χ2n) is 4.69. The first-order valence-electron chi connectivity index (χ1n) is 5.67. The summed E-state index contributed by atoms with van der Waals surface area (Å²) in [5.74, 6) is 0.178. The second kappa shape index (κ2) is 6.48. The van der Waals surface area contributed by atoms with E-state index in [4.69, 9.17) is 0 Å². The molecular weight excluding hydrogens is 212 g/mol. The van der Waals surface area contributed by atoms with Gasteiger partial charge in [0.25, 0.3) is 0 Å². The number of aliphatic hydroxyl groups is 1. The van der Waals surface area contributed by atoms with Crippen molar-refractivity contribution in [3.05, 3.63) is 0 Å². The van der Waals surface area contributed by atoms with E-state index in [1.54, 1.807) is 6.92 Å². The van der Waals surface area contributed by atoms with Crippen LogP contribution in [-0.2, 0) is 9.84 Å². The quantitative estimate of drug-likeness (QED) is 0.657. The van der Waals surface area contributed by atoms with Crippen LogP contribution in [0, 0.1) is 0 Å². The highest BCUT2D eigenvalue weighted by Crippen LogP contribution is 2.20. The van der Waals surface area contributed by atoms with Gasteiger partial charge in [-0.05, 0) is 26.2 Å². The number of rotatable bonds is 8. The Kier molecular flexibility index (Phi) is 6.44. The van der Waals surface area contributed by atoms with Gasteiger partial charge in [0, 0.05) is 12.0 Å². The molecule has 0 saturated carbocycles. The Bertz CT molecular complexity index is 255. The third kappa shape index (κ3) is 10.2. The highest BCUT2D eigenvalue weighted by Gasteiger charge is 2.19. The summed E-state index contributed by atoms with van der Waals surface area (Å²) in [6.07, 6.45) is 6.41. The van der Waals surface area contributed by atoms with E-state index in [1.807, 2.05) is 0 Å². The van der Waals surface area contributed by atoms with Crippen LogP contribution in [0.1, 0.15) is 52.4 Å². The molecule has 0 aliphatic carbocycles. The largest absolute Gasteiger partial charge is 0.390 e. The molecule has 1 N–H and O–H groups in total. The van der Waals surface area contributed by atoms with Crippen LogP contribution in [0.4, 0.5) is 0 Å². The van der Waals surface area contributed by atoms with Crippen molar-refractivity contribution in [3.63, 3.8) is 0 Å². The molecule has 92 valence electrons. The minimum absolute atomic E-state index is 0.178. The normalized spacial score (nSPS) is 16.3. The SMILES string of the molecule is CCCCCC(C)(O)CCCS(C)(=O)=O. The molecule has 1 atom stereocenters. The van der Waals surface area contributed by atoms with Crippen molar-refractivity contribution in [1.82, 2.24) is 0 Å². The Balaban J connectivity index is 3.73. The van der Waals surface area contributed by atoms with E-state index in [0.717, 1.165) is 25.7 Å². The zero-order valence-electron chi connectivity index (χ0n) is 10.1. The number of hydrogen-bond acceptors (Lipinski definition) is 3. The standard InChI is InChI=1S/C11H24O3S/c1-4-5-6-8-11(2,12)9-7-10-15(3,13)14/h12H,4-10H2,1-3H3. The Morgan fingerprint density at radius 1 is 1.13 bits per heavy atom. The first-order valence-corrected chi connectivity index (χ1v) is 7.73. The molecular formula is C11H24O3S. The minimum Gasteiger partial charge on any atom is -0.390 e. The lowest BCUT2D eigenvalue weighted by Crippen LogP contribution is -2.24. The number of unbranched alkanes of at least 4 members (excludes halogenated alkanes) is 2. The van der Waals surface area contributed by atoms with E-state index >= 15 is 0 Å². The molecule has 15 heavy (non-hydrogen) atoms. The predicted molar refractivity (Wildman–Crippen MR) is 63.7 cm³/mol. The maximum atomic E-state index is 10.9. The van der Waals surface area contributed by atoms with Gasteiger partial charge in [0.15, 0.2) is 0 Å². The van der Waals surface area contributed by atoms with Gasteiger partial charge in [-0.3, -0.25) is 0 Å². The van der Waals surface area contributed by atoms with Crippen molar-refractivity contribution < 1.29 is 13.5 Å². The Labute approximate surface area is 93.8 Å². The molecule has 0 saturated heterocycles. The van der Waals surface area contributed by atoms with Gasteiger partial charge < -0.3 is 5.11 Å². The summed E-state index contributed by atoms with van der Waals surface area (Å²) >= 11 is 0. The van der Waals surface area contributed by atoms with Gasteiger partial charge >= 0.3 is 0 Å². The lowest BCUT2D eigenvalue weighted by atomic mass is 9.94. The summed E-state index contributed by atoms with van der Waals surface area (Å²) in [6, 6.07) is 0. The fraction of sp³-hybridized carbons (Fsp3) is 1.00. The summed E-state index contributed by atoms with van der Waals surface area (Å²) in [5.41, 5.74) is -0.695. The van der Waals surface area contributed by atoms with Crippen LogP contribution in [0.5, 0.6) is 0 Å². The first-order chi connectivity index (χ1) is 6.77. The third-order valence-corrected chi connectivity index (χ3v) is 3.58. The average molecular weight is 236 g/mol. The molecule has 0 radical (unpaired) electrons. The molecule has 0 rings (SSSR count). The monoisotopic (exact) mass is 236 g/mol. The fourth-order valence-corrected chi connectivity index (χ4v) is 2.26. The van der Waals surface area contributed by atoms with E-state index in [9.17, 15) is 13.5 Å². The van der Waals surface area contributed by atoms with E-state index in [0.29, 0.717) is 12.8 Å². The lowest BCUT2D eigenvalue weighted by molar-refractivity contribution is 0.0389. The Morgan fingerprint density at radius 3 is 2.13 bits per heavy atom. The number of sulfone groups is 1. The molecule has 1 unspecified atom stereocenters. The molecule has 0 aromatic carbocycles. The van der Waals surface area contributed by atoms with Crippen molar-refractivity contribution in [2.45, 2.75) is 58.0 Å². The maximum absolute atomic E-state index is 10.9. The minimum atomic E-state index is -2.88. The zero-order chi connectivity index (χ0) is 11.9. The molecule has 0 heterocycles. The molecule has 0 bridgehead atoms. The lowest BCUT2D eigenvalue weighted by Gasteiger charge is -2.22. The smallest absolute Gasteiger partial charge is 0.147 e. The van der Waals surface area contributed by atoms with Gasteiger partial charge in [0.05, 0.1) is 5.60 Å². The molecule has 0 aliphatic rings. The maximum Gasteiger partial charge on any atom is 0.147 e. The summed E-state index contributed by atoms with van der Waals surface area (Å²) in [7, 11) is -2.88. The second-order valence-corrected chi connectivity index (χ2v) is 6.95. The summed E-state index contributed by atoms with van der Waals surface area (Å²) in [6.45, 7) is 3.92. The van der Waals surface area contributed by atoms with Gasteiger partial charge in [-0.15, -0.1) is 0 Å². The summed E-state index contributed by atoms with van der Waals surface area (Å²) in [4.78, 5) is 0. The highest BCUT2D eigenvalue weighted by molar-refractivity contribution is 7.90. The Hall–Kier alpha value is -0.0900. The van der Waals surface area contributed by atoms with Crippen LogP contribution < -0.4 is 0 Å². The third-order valence-electron chi connectivity index (χ3n) is 2.55. The molecule has 0 aromatic heterocycles. The first kappa shape index (κ1) is 14.9. The molecule has 0 aliphatic heterocycles. The molecule has 0 aromatic rings. The predicted octanol–water partition coefficient (Wildman–Crippen LogP) is 2.14. The topological polar surface area (TPSA) is 54.4 Å². The van der Waals surface area contributed by atoms with Gasteiger partial charge in [-0.1, -0.05) is 26.2 Å². The molecule has 4 heteroatoms. The van der Waals surface area contributed by atoms with Crippen molar-refractivity contribution >= 4 is 9.84 Å². The van der Waals surface area contributed by atoms with Crippen LogP contribution in [0.25, 0.3) is 0 Å². The van der Waals surface area contributed by atoms with Crippen LogP contribution in [0.2, 0.25) is 0 Å². The Morgan fingerprint density at radius 2 is 1.67 bits per heavy atom. The summed E-state index contributed by atoms with van der Waals surface area (Å²) in [5, 5.41) is 9.94. The van der Waals surface area contributed by atoms with Crippen molar-refractivity contribution in [2.24, 2.45) is 0 Å². The van der Waals surface area contributed by atoms with Gasteiger partial charge in [0.2, 0.25) is 0 Å². The van der Waals surface area contributed by atoms with Crippen LogP contribution >= 0.6 is 0 Å². The molecule has 0 fully saturated rings. The van der Waals surface area contributed by atoms with Crippen LogP contribution in [0.3, 0.4) is 0 Å². The van der Waals surface area contributed by atoms with E-state index in [2.05, 4.69) is 6.92 Å². The van der Waals surface area contributed by atoms with Crippen molar-refractivity contribution in [3.8, 4) is 0 Å². The van der Waals surface area contributed by atoms with E-state index in [1.165, 1.54) is 6.26 Å². The summed E-state index contributed by atoms with van der Waals surface area (Å²) < 4.78 is 21.8. The number of hydrogen-bond donors (Lipinski definition) is 1.